The number of carbonyl (C=O) groups excluding carboxylic acids is 1. The van der Waals surface area contributed by atoms with Gasteiger partial charge in [0.15, 0.2) is 0 Å². The minimum Gasteiger partial charge on any atom is -0.393 e. The molecule has 0 bridgehead atoms. The molecule has 1 aromatic carbocycles. The van der Waals surface area contributed by atoms with Crippen molar-refractivity contribution in [3.05, 3.63) is 33.9 Å². The van der Waals surface area contributed by atoms with E-state index in [1.165, 1.54) is 18.2 Å². The maximum Gasteiger partial charge on any atom is 0.292 e. The first kappa shape index (κ1) is 13.5. The molecule has 7 nitrogen and oxygen atoms in total. The summed E-state index contributed by atoms with van der Waals surface area (Å²) in [7, 11) is -0.856. The van der Waals surface area contributed by atoms with Crippen molar-refractivity contribution in [2.45, 2.75) is 0 Å². The third kappa shape index (κ3) is 2.90. The smallest absolute Gasteiger partial charge is 0.292 e. The lowest BCUT2D eigenvalue weighted by atomic mass is 10.1. The molecule has 0 saturated carbocycles. The highest BCUT2D eigenvalue weighted by atomic mass is 32.2. The van der Waals surface area contributed by atoms with Crippen LogP contribution in [-0.2, 0) is 10.8 Å². The summed E-state index contributed by atoms with van der Waals surface area (Å²) in [6.07, 6.45) is 0. The summed E-state index contributed by atoms with van der Waals surface area (Å²) in [5.74, 6) is 0.695. The summed E-state index contributed by atoms with van der Waals surface area (Å²) >= 11 is 0. The lowest BCUT2D eigenvalue weighted by Gasteiger charge is -2.26. The van der Waals surface area contributed by atoms with Gasteiger partial charge in [0.05, 0.1) is 4.92 Å². The van der Waals surface area contributed by atoms with Crippen LogP contribution in [0.2, 0.25) is 0 Å². The minimum atomic E-state index is -0.856. The zero-order chi connectivity index (χ0) is 14.0. The second-order valence-electron chi connectivity index (χ2n) is 4.17. The number of benzene rings is 1. The zero-order valence-electron chi connectivity index (χ0n) is 10.1. The summed E-state index contributed by atoms with van der Waals surface area (Å²) in [5.41, 5.74) is 5.62. The Kier molecular flexibility index (Phi) is 3.79. The molecule has 1 aliphatic rings. The summed E-state index contributed by atoms with van der Waals surface area (Å²) in [6.45, 7) is 0.866. The van der Waals surface area contributed by atoms with Gasteiger partial charge in [-0.25, -0.2) is 0 Å². The van der Waals surface area contributed by atoms with Gasteiger partial charge in [0.2, 0.25) is 0 Å². The summed E-state index contributed by atoms with van der Waals surface area (Å²) in [6, 6.07) is 3.93. The van der Waals surface area contributed by atoms with Crippen molar-refractivity contribution >= 4 is 28.1 Å². The lowest BCUT2D eigenvalue weighted by Crippen LogP contribution is -2.41. The van der Waals surface area contributed by atoms with E-state index in [9.17, 15) is 19.1 Å². The van der Waals surface area contributed by atoms with Crippen LogP contribution in [0.5, 0.6) is 0 Å². The van der Waals surface area contributed by atoms with Crippen molar-refractivity contribution < 1.29 is 13.9 Å². The van der Waals surface area contributed by atoms with Gasteiger partial charge >= 0.3 is 0 Å². The monoisotopic (exact) mass is 283 g/mol. The molecule has 0 aliphatic carbocycles. The normalized spacial score (nSPS) is 16.3. The van der Waals surface area contributed by atoms with Crippen LogP contribution in [-0.4, -0.2) is 44.5 Å². The fourth-order valence-electron chi connectivity index (χ4n) is 1.88. The third-order valence-corrected chi connectivity index (χ3v) is 4.21. The molecule has 0 radical (unpaired) electrons. The fourth-order valence-corrected chi connectivity index (χ4v) is 2.93. The van der Waals surface area contributed by atoms with Crippen molar-refractivity contribution in [3.8, 4) is 0 Å². The number of nitrogens with two attached hydrogens (primary N) is 1. The molecule has 0 spiro atoms. The molecule has 0 aromatic heterocycles. The summed E-state index contributed by atoms with van der Waals surface area (Å²) in [5, 5.41) is 10.6. The van der Waals surface area contributed by atoms with Crippen molar-refractivity contribution in [1.82, 2.24) is 4.90 Å². The maximum absolute atomic E-state index is 12.1. The highest BCUT2D eigenvalue weighted by Gasteiger charge is 2.22. The second-order valence-corrected chi connectivity index (χ2v) is 5.87. The van der Waals surface area contributed by atoms with E-state index in [0.717, 1.165) is 0 Å². The van der Waals surface area contributed by atoms with Gasteiger partial charge in [-0.05, 0) is 12.1 Å². The Balaban J connectivity index is 2.18. The molecule has 19 heavy (non-hydrogen) atoms. The number of hydrogen-bond donors (Lipinski definition) is 1. The molecule has 1 heterocycles. The van der Waals surface area contributed by atoms with Gasteiger partial charge in [-0.15, -0.1) is 0 Å². The molecule has 0 atom stereocenters. The predicted octanol–water partition coefficient (Wildman–Crippen LogP) is 0.382. The first-order valence-corrected chi connectivity index (χ1v) is 7.16. The Morgan fingerprint density at radius 2 is 2.00 bits per heavy atom. The Labute approximate surface area is 112 Å². The molecule has 1 aliphatic heterocycles. The van der Waals surface area contributed by atoms with E-state index in [-0.39, 0.29) is 17.3 Å². The van der Waals surface area contributed by atoms with E-state index in [4.69, 9.17) is 5.73 Å². The second kappa shape index (κ2) is 5.35. The van der Waals surface area contributed by atoms with Crippen LogP contribution < -0.4 is 5.73 Å². The molecule has 2 rings (SSSR count). The van der Waals surface area contributed by atoms with Crippen LogP contribution in [0.3, 0.4) is 0 Å². The van der Waals surface area contributed by atoms with Crippen LogP contribution in [0.25, 0.3) is 0 Å². The number of rotatable bonds is 2. The van der Waals surface area contributed by atoms with E-state index in [1.54, 1.807) is 4.90 Å². The van der Waals surface area contributed by atoms with Gasteiger partial charge in [-0.1, -0.05) is 0 Å². The fraction of sp³-hybridized carbons (Fsp3) is 0.364. The van der Waals surface area contributed by atoms with Gasteiger partial charge in [-0.2, -0.15) is 0 Å². The van der Waals surface area contributed by atoms with Crippen LogP contribution in [0.15, 0.2) is 18.2 Å². The molecule has 1 saturated heterocycles. The summed E-state index contributed by atoms with van der Waals surface area (Å²) < 4.78 is 11.2. The molecule has 1 aromatic rings. The summed E-state index contributed by atoms with van der Waals surface area (Å²) in [4.78, 5) is 23.8. The van der Waals surface area contributed by atoms with E-state index < -0.39 is 15.7 Å². The Hall–Kier alpha value is -1.96. The number of amides is 1. The van der Waals surface area contributed by atoms with Crippen LogP contribution in [0, 0.1) is 10.1 Å². The van der Waals surface area contributed by atoms with Gasteiger partial charge in [0.1, 0.15) is 5.69 Å². The largest absolute Gasteiger partial charge is 0.393 e. The average Bonchev–Trinajstić information content (AvgIpc) is 2.38. The number of nitrogens with zero attached hydrogens (tertiary/aromatic N) is 2. The SMILES string of the molecule is Nc1cc(C(=O)N2CCS(=O)CC2)ccc1[N+](=O)[O-]. The van der Waals surface area contributed by atoms with Crippen molar-refractivity contribution in [2.75, 3.05) is 30.3 Å². The zero-order valence-corrected chi connectivity index (χ0v) is 10.9. The standard InChI is InChI=1S/C11H13N3O4S/c12-9-7-8(1-2-10(9)14(16)17)11(15)13-3-5-19(18)6-4-13/h1-2,7H,3-6,12H2. The number of anilines is 1. The third-order valence-electron chi connectivity index (χ3n) is 2.94. The predicted molar refractivity (Wildman–Crippen MR) is 71.3 cm³/mol. The molecule has 1 amide bonds. The first-order valence-electron chi connectivity index (χ1n) is 5.67. The van der Waals surface area contributed by atoms with E-state index in [2.05, 4.69) is 0 Å². The van der Waals surface area contributed by atoms with Gasteiger partial charge < -0.3 is 10.6 Å². The number of nitro groups is 1. The quantitative estimate of drug-likeness (QED) is 0.480. The molecule has 0 unspecified atom stereocenters. The molecule has 2 N–H and O–H groups in total. The number of hydrogen-bond acceptors (Lipinski definition) is 5. The van der Waals surface area contributed by atoms with Gasteiger partial charge in [0.25, 0.3) is 11.6 Å². The van der Waals surface area contributed by atoms with Crippen molar-refractivity contribution in [2.24, 2.45) is 0 Å². The highest BCUT2D eigenvalue weighted by Crippen LogP contribution is 2.23. The van der Waals surface area contributed by atoms with Crippen molar-refractivity contribution in [1.29, 1.82) is 0 Å². The molecule has 1 fully saturated rings. The average molecular weight is 283 g/mol. The number of nitrogen functional groups attached to an aromatic ring is 1. The molecule has 102 valence electrons. The molecular formula is C11H13N3O4S. The van der Waals surface area contributed by atoms with E-state index in [0.29, 0.717) is 30.2 Å². The molecule has 8 heteroatoms. The Morgan fingerprint density at radius 1 is 1.37 bits per heavy atom. The highest BCUT2D eigenvalue weighted by molar-refractivity contribution is 7.85. The van der Waals surface area contributed by atoms with Crippen molar-refractivity contribution in [3.63, 3.8) is 0 Å². The molecular weight excluding hydrogens is 270 g/mol. The Morgan fingerprint density at radius 3 is 2.53 bits per heavy atom. The number of carbonyl (C=O) groups is 1. The maximum atomic E-state index is 12.1. The van der Waals surface area contributed by atoms with E-state index >= 15 is 0 Å². The first-order chi connectivity index (χ1) is 8.99. The Bertz CT molecular complexity index is 551. The number of nitro benzene ring substituents is 1. The van der Waals surface area contributed by atoms with Crippen LogP contribution in [0.1, 0.15) is 10.4 Å². The minimum absolute atomic E-state index is 0.0311. The topological polar surface area (TPSA) is 107 Å². The van der Waals surface area contributed by atoms with Gasteiger partial charge in [0, 0.05) is 47.0 Å². The van der Waals surface area contributed by atoms with Crippen LogP contribution >= 0.6 is 0 Å². The van der Waals surface area contributed by atoms with Crippen LogP contribution in [0.4, 0.5) is 11.4 Å². The lowest BCUT2D eigenvalue weighted by molar-refractivity contribution is -0.383. The van der Waals surface area contributed by atoms with Gasteiger partial charge in [-0.3, -0.25) is 19.1 Å². The van der Waals surface area contributed by atoms with E-state index in [1.807, 2.05) is 0 Å².